The number of rotatable bonds is 6. The summed E-state index contributed by atoms with van der Waals surface area (Å²) >= 11 is 0. The van der Waals surface area contributed by atoms with Gasteiger partial charge in [0.05, 0.1) is 0 Å². The van der Waals surface area contributed by atoms with Crippen LogP contribution in [0.2, 0.25) is 0 Å². The number of carbonyl (C=O) groups is 1. The highest BCUT2D eigenvalue weighted by Crippen LogP contribution is 2.22. The highest BCUT2D eigenvalue weighted by Gasteiger charge is 2.20. The number of amides is 1. The highest BCUT2D eigenvalue weighted by molar-refractivity contribution is 5.94. The van der Waals surface area contributed by atoms with Crippen molar-refractivity contribution in [2.75, 3.05) is 11.9 Å². The van der Waals surface area contributed by atoms with E-state index in [1.807, 2.05) is 0 Å². The third-order valence-electron chi connectivity index (χ3n) is 3.32. The molecule has 1 rings (SSSR count). The van der Waals surface area contributed by atoms with Gasteiger partial charge in [0.25, 0.3) is 0 Å². The van der Waals surface area contributed by atoms with Crippen molar-refractivity contribution in [3.05, 3.63) is 24.3 Å². The summed E-state index contributed by atoms with van der Waals surface area (Å²) in [6.07, 6.45) is 4.04. The lowest BCUT2D eigenvalue weighted by Crippen LogP contribution is -2.32. The molecule has 0 radical (unpaired) electrons. The van der Waals surface area contributed by atoms with Crippen LogP contribution in [0.3, 0.4) is 0 Å². The maximum absolute atomic E-state index is 12.3. The number of hydrogen-bond acceptors (Lipinski definition) is 2. The molecule has 0 saturated carbocycles. The zero-order valence-corrected chi connectivity index (χ0v) is 11.5. The number of nitrogens with zero attached hydrogens (tertiary/aromatic N) is 1. The van der Waals surface area contributed by atoms with Crippen molar-refractivity contribution in [1.82, 2.24) is 0 Å². The summed E-state index contributed by atoms with van der Waals surface area (Å²) in [5, 5.41) is 9.25. The van der Waals surface area contributed by atoms with Crippen molar-refractivity contribution >= 4 is 11.6 Å². The van der Waals surface area contributed by atoms with Gasteiger partial charge in [-0.1, -0.05) is 26.7 Å². The molecule has 1 unspecified atom stereocenters. The van der Waals surface area contributed by atoms with Gasteiger partial charge in [-0.25, -0.2) is 0 Å². The van der Waals surface area contributed by atoms with Crippen molar-refractivity contribution in [1.29, 1.82) is 0 Å². The summed E-state index contributed by atoms with van der Waals surface area (Å²) < 4.78 is 0. The van der Waals surface area contributed by atoms with Crippen LogP contribution in [0.4, 0.5) is 5.69 Å². The summed E-state index contributed by atoms with van der Waals surface area (Å²) in [5.41, 5.74) is 0.827. The van der Waals surface area contributed by atoms with Crippen molar-refractivity contribution in [3.63, 3.8) is 0 Å². The van der Waals surface area contributed by atoms with Crippen molar-refractivity contribution < 1.29 is 9.90 Å². The van der Waals surface area contributed by atoms with Gasteiger partial charge in [0.1, 0.15) is 5.75 Å². The summed E-state index contributed by atoms with van der Waals surface area (Å²) in [5.74, 6) is 0.484. The lowest BCUT2D eigenvalue weighted by molar-refractivity contribution is -0.122. The number of hydrogen-bond donors (Lipinski definition) is 1. The SMILES string of the molecule is CCCCC(CC)C(=O)N(C)c1ccc(O)cc1. The van der Waals surface area contributed by atoms with E-state index in [-0.39, 0.29) is 17.6 Å². The van der Waals surface area contributed by atoms with Crippen LogP contribution in [-0.2, 0) is 4.79 Å². The fraction of sp³-hybridized carbons (Fsp3) is 0.533. The van der Waals surface area contributed by atoms with E-state index in [0.717, 1.165) is 31.4 Å². The van der Waals surface area contributed by atoms with Crippen LogP contribution in [-0.4, -0.2) is 18.1 Å². The Labute approximate surface area is 109 Å². The van der Waals surface area contributed by atoms with Crippen LogP contribution in [0, 0.1) is 5.92 Å². The minimum absolute atomic E-state index is 0.101. The predicted molar refractivity (Wildman–Crippen MR) is 74.8 cm³/mol. The van der Waals surface area contributed by atoms with Crippen LogP contribution in [0.1, 0.15) is 39.5 Å². The Balaban J connectivity index is 2.72. The maximum Gasteiger partial charge on any atom is 0.229 e. The topological polar surface area (TPSA) is 40.5 Å². The molecule has 0 aromatic heterocycles. The Hall–Kier alpha value is -1.51. The summed E-state index contributed by atoms with van der Waals surface area (Å²) in [6.45, 7) is 4.20. The molecule has 0 heterocycles. The second-order valence-electron chi connectivity index (χ2n) is 4.66. The molecular formula is C15H23NO2. The van der Waals surface area contributed by atoms with Gasteiger partial charge in [-0.3, -0.25) is 4.79 Å². The van der Waals surface area contributed by atoms with E-state index in [2.05, 4.69) is 13.8 Å². The quantitative estimate of drug-likeness (QED) is 0.837. The third-order valence-corrected chi connectivity index (χ3v) is 3.32. The predicted octanol–water partition coefficient (Wildman–Crippen LogP) is 3.57. The molecule has 3 heteroatoms. The summed E-state index contributed by atoms with van der Waals surface area (Å²) in [6, 6.07) is 6.73. The van der Waals surface area contributed by atoms with Gasteiger partial charge >= 0.3 is 0 Å². The number of benzene rings is 1. The van der Waals surface area contributed by atoms with Gasteiger partial charge in [0, 0.05) is 18.7 Å². The van der Waals surface area contributed by atoms with Crippen molar-refractivity contribution in [2.24, 2.45) is 5.92 Å². The molecular weight excluding hydrogens is 226 g/mol. The number of phenols is 1. The first-order chi connectivity index (χ1) is 8.60. The first-order valence-corrected chi connectivity index (χ1v) is 6.66. The Morgan fingerprint density at radius 2 is 1.89 bits per heavy atom. The molecule has 1 aromatic carbocycles. The Bertz CT molecular complexity index is 373. The molecule has 0 saturated heterocycles. The molecule has 1 atom stereocenters. The molecule has 100 valence electrons. The average Bonchev–Trinajstić information content (AvgIpc) is 2.39. The normalized spacial score (nSPS) is 12.2. The Kier molecular flexibility index (Phi) is 5.69. The van der Waals surface area contributed by atoms with Crippen LogP contribution in [0.5, 0.6) is 5.75 Å². The monoisotopic (exact) mass is 249 g/mol. The van der Waals surface area contributed by atoms with Crippen LogP contribution in [0.25, 0.3) is 0 Å². The van der Waals surface area contributed by atoms with Gasteiger partial charge in [-0.05, 0) is 37.1 Å². The largest absolute Gasteiger partial charge is 0.508 e. The number of carbonyl (C=O) groups excluding carboxylic acids is 1. The number of aromatic hydroxyl groups is 1. The van der Waals surface area contributed by atoms with Crippen LogP contribution >= 0.6 is 0 Å². The van der Waals surface area contributed by atoms with E-state index in [1.165, 1.54) is 0 Å². The zero-order chi connectivity index (χ0) is 13.5. The molecule has 0 fully saturated rings. The number of unbranched alkanes of at least 4 members (excludes halogenated alkanes) is 1. The van der Waals surface area contributed by atoms with E-state index in [1.54, 1.807) is 36.2 Å². The molecule has 0 aliphatic rings. The van der Waals surface area contributed by atoms with Crippen LogP contribution < -0.4 is 4.90 Å². The minimum Gasteiger partial charge on any atom is -0.508 e. The average molecular weight is 249 g/mol. The summed E-state index contributed by atoms with van der Waals surface area (Å²) in [4.78, 5) is 14.0. The maximum atomic E-state index is 12.3. The van der Waals surface area contributed by atoms with Gasteiger partial charge in [0.2, 0.25) is 5.91 Å². The van der Waals surface area contributed by atoms with Crippen molar-refractivity contribution in [3.8, 4) is 5.75 Å². The second kappa shape index (κ2) is 7.04. The Morgan fingerprint density at radius 1 is 1.28 bits per heavy atom. The van der Waals surface area contributed by atoms with Crippen molar-refractivity contribution in [2.45, 2.75) is 39.5 Å². The molecule has 0 aliphatic carbocycles. The molecule has 0 aliphatic heterocycles. The molecule has 18 heavy (non-hydrogen) atoms. The first-order valence-electron chi connectivity index (χ1n) is 6.66. The second-order valence-corrected chi connectivity index (χ2v) is 4.66. The molecule has 3 nitrogen and oxygen atoms in total. The minimum atomic E-state index is 0.101. The third kappa shape index (κ3) is 3.76. The lowest BCUT2D eigenvalue weighted by atomic mass is 9.97. The van der Waals surface area contributed by atoms with E-state index >= 15 is 0 Å². The number of anilines is 1. The lowest BCUT2D eigenvalue weighted by Gasteiger charge is -2.23. The van der Waals surface area contributed by atoms with E-state index in [4.69, 9.17) is 0 Å². The molecule has 1 aromatic rings. The highest BCUT2D eigenvalue weighted by atomic mass is 16.3. The van der Waals surface area contributed by atoms with E-state index in [9.17, 15) is 9.90 Å². The fourth-order valence-corrected chi connectivity index (χ4v) is 2.03. The van der Waals surface area contributed by atoms with Crippen LogP contribution in [0.15, 0.2) is 24.3 Å². The Morgan fingerprint density at radius 3 is 2.39 bits per heavy atom. The molecule has 0 bridgehead atoms. The van der Waals surface area contributed by atoms with Gasteiger partial charge < -0.3 is 10.0 Å². The zero-order valence-electron chi connectivity index (χ0n) is 11.5. The fourth-order valence-electron chi connectivity index (χ4n) is 2.03. The molecule has 1 N–H and O–H groups in total. The first kappa shape index (κ1) is 14.6. The van der Waals surface area contributed by atoms with E-state index in [0.29, 0.717) is 0 Å². The smallest absolute Gasteiger partial charge is 0.229 e. The molecule has 1 amide bonds. The van der Waals surface area contributed by atoms with E-state index < -0.39 is 0 Å². The van der Waals surface area contributed by atoms with Gasteiger partial charge in [-0.2, -0.15) is 0 Å². The number of phenolic OH excluding ortho intramolecular Hbond substituents is 1. The molecule has 0 spiro atoms. The van der Waals surface area contributed by atoms with Gasteiger partial charge in [-0.15, -0.1) is 0 Å². The summed E-state index contributed by atoms with van der Waals surface area (Å²) in [7, 11) is 1.79. The standard InChI is InChI=1S/C15H23NO2/c1-4-6-7-12(5-2)15(18)16(3)13-8-10-14(17)11-9-13/h8-12,17H,4-7H2,1-3H3. The van der Waals surface area contributed by atoms with Gasteiger partial charge in [0.15, 0.2) is 0 Å².